The molecule has 0 aliphatic carbocycles. The number of carbonyl (C=O) groups excluding carboxylic acids is 1. The zero-order chi connectivity index (χ0) is 21.0. The molecule has 3 saturated heterocycles. The molecule has 5 rings (SSSR count). The number of urea groups is 1. The van der Waals surface area contributed by atoms with Crippen LogP contribution in [0.3, 0.4) is 0 Å². The average molecular weight is 408 g/mol. The van der Waals surface area contributed by atoms with E-state index in [-0.39, 0.29) is 18.7 Å². The summed E-state index contributed by atoms with van der Waals surface area (Å²) in [6.45, 7) is 0.553. The van der Waals surface area contributed by atoms with Gasteiger partial charge >= 0.3 is 12.2 Å². The van der Waals surface area contributed by atoms with Gasteiger partial charge in [-0.3, -0.25) is 9.88 Å². The molecule has 2 N–H and O–H groups in total. The lowest BCUT2D eigenvalue weighted by atomic mass is 9.69. The molecule has 3 fully saturated rings. The topological polar surface area (TPSA) is 62.5 Å². The first-order valence-electron chi connectivity index (χ1n) is 9.21. The summed E-state index contributed by atoms with van der Waals surface area (Å²) in [5, 5.41) is 0. The van der Waals surface area contributed by atoms with Crippen molar-refractivity contribution in [2.24, 2.45) is 5.73 Å². The van der Waals surface area contributed by atoms with Crippen LogP contribution in [0.2, 0.25) is 0 Å². The van der Waals surface area contributed by atoms with Crippen molar-refractivity contribution >= 4 is 6.03 Å². The fourth-order valence-corrected chi connectivity index (χ4v) is 4.75. The Labute approximate surface area is 165 Å². The zero-order valence-corrected chi connectivity index (χ0v) is 15.7. The minimum Gasteiger partial charge on any atom is -0.351 e. The number of aryl methyl sites for hydroxylation is 1. The molecule has 3 aliphatic rings. The predicted molar refractivity (Wildman–Crippen MR) is 98.4 cm³/mol. The van der Waals surface area contributed by atoms with Gasteiger partial charge in [0, 0.05) is 36.5 Å². The maximum absolute atomic E-state index is 15.1. The number of hydrogen-bond acceptors (Lipinski definition) is 3. The quantitative estimate of drug-likeness (QED) is 0.792. The van der Waals surface area contributed by atoms with E-state index < -0.39 is 36.2 Å². The first-order chi connectivity index (χ1) is 13.6. The van der Waals surface area contributed by atoms with Crippen molar-refractivity contribution < 1.29 is 22.4 Å². The minimum atomic E-state index is -4.38. The molecule has 0 radical (unpaired) electrons. The standard InChI is InChI=1S/C20H20F4N4O/c1-12-6-16(21)15(7-14(12)17-4-2-3-5-26-17)19-8-13(28(19)18(25)29)9-27(10-19)11-20(22,23)24/h2-7,13H,8-11H2,1H3,(H2,25,29). The number of halogens is 4. The van der Waals surface area contributed by atoms with Crippen LogP contribution in [0.25, 0.3) is 11.3 Å². The van der Waals surface area contributed by atoms with Gasteiger partial charge in [-0.15, -0.1) is 0 Å². The number of fused-ring (bicyclic) bond motifs is 2. The molecular formula is C20H20F4N4O. The fourth-order valence-electron chi connectivity index (χ4n) is 4.75. The van der Waals surface area contributed by atoms with Crippen LogP contribution in [-0.4, -0.2) is 52.7 Å². The smallest absolute Gasteiger partial charge is 0.351 e. The Bertz CT molecular complexity index is 949. The van der Waals surface area contributed by atoms with Crippen LogP contribution in [0.15, 0.2) is 36.5 Å². The molecule has 0 saturated carbocycles. The van der Waals surface area contributed by atoms with Gasteiger partial charge in [0.05, 0.1) is 17.8 Å². The Kier molecular flexibility index (Phi) is 4.53. The van der Waals surface area contributed by atoms with Crippen molar-refractivity contribution in [3.8, 4) is 11.3 Å². The number of primary amides is 1. The summed E-state index contributed by atoms with van der Waals surface area (Å²) in [5.74, 6) is -0.569. The number of nitrogens with zero attached hydrogens (tertiary/aromatic N) is 3. The van der Waals surface area contributed by atoms with Gasteiger partial charge in [0.1, 0.15) is 5.82 Å². The van der Waals surface area contributed by atoms with Crippen molar-refractivity contribution in [3.63, 3.8) is 0 Å². The third-order valence-corrected chi connectivity index (χ3v) is 5.75. The summed E-state index contributed by atoms with van der Waals surface area (Å²) in [6.07, 6.45) is -2.41. The lowest BCUT2D eigenvalue weighted by Gasteiger charge is -2.64. The minimum absolute atomic E-state index is 0.0603. The number of piperazine rings is 1. The van der Waals surface area contributed by atoms with Crippen LogP contribution in [0.1, 0.15) is 17.5 Å². The van der Waals surface area contributed by atoms with E-state index in [1.165, 1.54) is 15.9 Å². The number of amides is 2. The number of nitrogens with two attached hydrogens (primary N) is 1. The van der Waals surface area contributed by atoms with Gasteiger partial charge in [0.25, 0.3) is 0 Å². The van der Waals surface area contributed by atoms with E-state index >= 15 is 4.39 Å². The monoisotopic (exact) mass is 408 g/mol. The second-order valence-corrected chi connectivity index (χ2v) is 7.74. The fraction of sp³-hybridized carbons (Fsp3) is 0.400. The van der Waals surface area contributed by atoms with Crippen molar-refractivity contribution in [1.29, 1.82) is 0 Å². The lowest BCUT2D eigenvalue weighted by Crippen LogP contribution is -2.77. The molecule has 154 valence electrons. The largest absolute Gasteiger partial charge is 0.401 e. The molecule has 5 nitrogen and oxygen atoms in total. The number of piperidine rings is 1. The normalized spacial score (nSPS) is 24.3. The Morgan fingerprint density at radius 1 is 1.34 bits per heavy atom. The van der Waals surface area contributed by atoms with Crippen molar-refractivity contribution in [2.45, 2.75) is 31.1 Å². The molecule has 3 aliphatic heterocycles. The molecule has 29 heavy (non-hydrogen) atoms. The predicted octanol–water partition coefficient (Wildman–Crippen LogP) is 3.42. The Balaban J connectivity index is 1.79. The van der Waals surface area contributed by atoms with Crippen LogP contribution < -0.4 is 5.73 Å². The number of hydrogen-bond donors (Lipinski definition) is 1. The van der Waals surface area contributed by atoms with Crippen molar-refractivity contribution in [1.82, 2.24) is 14.8 Å². The average Bonchev–Trinajstić information content (AvgIpc) is 2.60. The Morgan fingerprint density at radius 2 is 2.10 bits per heavy atom. The van der Waals surface area contributed by atoms with E-state index in [9.17, 15) is 18.0 Å². The number of rotatable bonds is 3. The molecule has 0 spiro atoms. The Morgan fingerprint density at radius 3 is 2.72 bits per heavy atom. The highest BCUT2D eigenvalue weighted by molar-refractivity contribution is 5.76. The van der Waals surface area contributed by atoms with Gasteiger partial charge in [-0.05, 0) is 43.2 Å². The summed E-state index contributed by atoms with van der Waals surface area (Å²) >= 11 is 0. The molecule has 4 heterocycles. The molecule has 2 aromatic rings. The highest BCUT2D eigenvalue weighted by Crippen LogP contribution is 2.51. The van der Waals surface area contributed by atoms with E-state index in [1.807, 2.05) is 0 Å². The van der Waals surface area contributed by atoms with E-state index in [0.29, 0.717) is 23.2 Å². The molecule has 2 unspecified atom stereocenters. The zero-order valence-electron chi connectivity index (χ0n) is 15.7. The highest BCUT2D eigenvalue weighted by atomic mass is 19.4. The van der Waals surface area contributed by atoms with E-state index in [4.69, 9.17) is 5.73 Å². The number of alkyl halides is 3. The van der Waals surface area contributed by atoms with Crippen LogP contribution in [-0.2, 0) is 5.54 Å². The number of carbonyl (C=O) groups is 1. The van der Waals surface area contributed by atoms with Crippen LogP contribution in [0.5, 0.6) is 0 Å². The van der Waals surface area contributed by atoms with E-state index in [0.717, 1.165) is 0 Å². The first kappa shape index (κ1) is 19.6. The first-order valence-corrected chi connectivity index (χ1v) is 9.21. The third-order valence-electron chi connectivity index (χ3n) is 5.75. The summed E-state index contributed by atoms with van der Waals surface area (Å²) in [7, 11) is 0. The van der Waals surface area contributed by atoms with Crippen LogP contribution in [0.4, 0.5) is 22.4 Å². The number of pyridine rings is 1. The van der Waals surface area contributed by atoms with Crippen molar-refractivity contribution in [2.75, 3.05) is 19.6 Å². The van der Waals surface area contributed by atoms with Crippen molar-refractivity contribution in [3.05, 3.63) is 53.5 Å². The Hall–Kier alpha value is -2.68. The lowest BCUT2D eigenvalue weighted by molar-refractivity contribution is -0.180. The van der Waals surface area contributed by atoms with Gasteiger partial charge in [0.15, 0.2) is 0 Å². The maximum Gasteiger partial charge on any atom is 0.401 e. The highest BCUT2D eigenvalue weighted by Gasteiger charge is 2.61. The summed E-state index contributed by atoms with van der Waals surface area (Å²) in [6, 6.07) is 7.02. The molecular weight excluding hydrogens is 388 g/mol. The van der Waals surface area contributed by atoms with Gasteiger partial charge < -0.3 is 10.6 Å². The molecule has 1 aromatic heterocycles. The third kappa shape index (κ3) is 3.33. The molecule has 2 atom stereocenters. The van der Waals surface area contributed by atoms with E-state index in [2.05, 4.69) is 4.98 Å². The molecule has 2 amide bonds. The second-order valence-electron chi connectivity index (χ2n) is 7.74. The molecule has 9 heteroatoms. The van der Waals surface area contributed by atoms with Gasteiger partial charge in [-0.2, -0.15) is 13.2 Å². The summed E-state index contributed by atoms with van der Waals surface area (Å²) in [5.41, 5.74) is 6.40. The molecule has 1 aromatic carbocycles. The van der Waals surface area contributed by atoms with E-state index in [1.54, 1.807) is 37.4 Å². The van der Waals surface area contributed by atoms with Crippen LogP contribution in [0, 0.1) is 12.7 Å². The number of aromatic nitrogens is 1. The van der Waals surface area contributed by atoms with Gasteiger partial charge in [0.2, 0.25) is 0 Å². The number of benzene rings is 1. The van der Waals surface area contributed by atoms with Crippen LogP contribution >= 0.6 is 0 Å². The SMILES string of the molecule is Cc1cc(F)c(C23CC(CN(CC(F)(F)F)C2)N3C(N)=O)cc1-c1ccccn1. The second kappa shape index (κ2) is 6.69. The molecule has 2 bridgehead atoms. The van der Waals surface area contributed by atoms with Gasteiger partial charge in [-0.25, -0.2) is 9.18 Å². The summed E-state index contributed by atoms with van der Waals surface area (Å²) in [4.78, 5) is 18.9. The summed E-state index contributed by atoms with van der Waals surface area (Å²) < 4.78 is 53.9. The van der Waals surface area contributed by atoms with Gasteiger partial charge in [-0.1, -0.05) is 6.07 Å². The maximum atomic E-state index is 15.1.